The maximum atomic E-state index is 15.7. The monoisotopic (exact) mass is 898 g/mol. The summed E-state index contributed by atoms with van der Waals surface area (Å²) in [5.41, 5.74) is 5.57. The second-order valence-corrected chi connectivity index (χ2v) is 17.7. The number of hydrazine groups is 1. The van der Waals surface area contributed by atoms with Crippen LogP contribution in [-0.2, 0) is 35.9 Å². The van der Waals surface area contributed by atoms with Crippen molar-refractivity contribution in [1.82, 2.24) is 5.01 Å². The number of morpholine rings is 1. The van der Waals surface area contributed by atoms with Gasteiger partial charge in [0, 0.05) is 41.3 Å². The highest BCUT2D eigenvalue weighted by Gasteiger charge is 2.70. The summed E-state index contributed by atoms with van der Waals surface area (Å²) >= 11 is 12.9. The number of phenolic OH excluding ortho intramolecular Hbond substituents is 1. The van der Waals surface area contributed by atoms with Gasteiger partial charge in [-0.05, 0) is 90.6 Å². The number of anilines is 3. The molecule has 0 unspecified atom stereocenters. The van der Waals surface area contributed by atoms with Crippen molar-refractivity contribution in [3.05, 3.63) is 154 Å². The molecule has 2 aliphatic carbocycles. The lowest BCUT2D eigenvalue weighted by atomic mass is 9.49. The molecule has 4 amide bonds. The van der Waals surface area contributed by atoms with Crippen LogP contribution < -0.4 is 24.7 Å². The van der Waals surface area contributed by atoms with Gasteiger partial charge >= 0.3 is 0 Å². The molecular weight excluding hydrogens is 855 g/mol. The second kappa shape index (κ2) is 16.7. The molecule has 3 aliphatic heterocycles. The Morgan fingerprint density at radius 1 is 0.797 bits per heavy atom. The predicted octanol–water partition coefficient (Wildman–Crippen LogP) is 8.31. The number of imide groups is 2. The highest BCUT2D eigenvalue weighted by molar-refractivity contribution is 6.36. The molecule has 1 saturated carbocycles. The lowest BCUT2D eigenvalue weighted by Gasteiger charge is -2.50. The van der Waals surface area contributed by atoms with Crippen LogP contribution in [0.5, 0.6) is 17.2 Å². The molecule has 64 heavy (non-hydrogen) atoms. The highest BCUT2D eigenvalue weighted by Crippen LogP contribution is 2.65. The normalized spacial score (nSPS) is 25.1. The van der Waals surface area contributed by atoms with E-state index < -0.39 is 46.8 Å². The zero-order valence-electron chi connectivity index (χ0n) is 34.8. The van der Waals surface area contributed by atoms with Gasteiger partial charge in [-0.1, -0.05) is 83.4 Å². The van der Waals surface area contributed by atoms with Crippen molar-refractivity contribution in [1.29, 1.82) is 0 Å². The number of hydrogen-bond donors (Lipinski definition) is 2. The Hall–Kier alpha value is -6.34. The van der Waals surface area contributed by atoms with E-state index in [1.54, 1.807) is 67.8 Å². The number of fused-ring (bicyclic) bond motifs is 4. The number of allylic oxidation sites excluding steroid dienone is 2. The minimum atomic E-state index is -1.66. The van der Waals surface area contributed by atoms with Crippen LogP contribution >= 0.6 is 23.2 Å². The number of benzene rings is 5. The average molecular weight is 900 g/mol. The number of methoxy groups -OCH3 is 1. The van der Waals surface area contributed by atoms with Crippen LogP contribution in [0.3, 0.4) is 0 Å². The van der Waals surface area contributed by atoms with Gasteiger partial charge in [0.25, 0.3) is 11.8 Å². The van der Waals surface area contributed by atoms with E-state index >= 15 is 9.59 Å². The summed E-state index contributed by atoms with van der Waals surface area (Å²) in [6, 6.07) is 33.8. The first-order valence-corrected chi connectivity index (χ1v) is 22.1. The molecule has 14 heteroatoms. The van der Waals surface area contributed by atoms with E-state index in [2.05, 4.69) is 10.3 Å². The Morgan fingerprint density at radius 3 is 2.22 bits per heavy atom. The average Bonchev–Trinajstić information content (AvgIpc) is 3.70. The molecule has 0 bridgehead atoms. The van der Waals surface area contributed by atoms with Crippen LogP contribution in [0.15, 0.2) is 127 Å². The molecule has 5 aromatic rings. The summed E-state index contributed by atoms with van der Waals surface area (Å²) < 4.78 is 17.2. The first-order chi connectivity index (χ1) is 31.1. The molecule has 10 rings (SSSR count). The fraction of sp³-hybridized carbons (Fsp3) is 0.280. The van der Waals surface area contributed by atoms with E-state index in [4.69, 9.17) is 37.4 Å². The van der Waals surface area contributed by atoms with E-state index in [-0.39, 0.29) is 47.7 Å². The zero-order chi connectivity index (χ0) is 44.3. The van der Waals surface area contributed by atoms with E-state index in [1.807, 2.05) is 48.5 Å². The Balaban J connectivity index is 1.09. The summed E-state index contributed by atoms with van der Waals surface area (Å²) in [6.07, 6.45) is 2.23. The molecule has 2 N–H and O–H groups in total. The van der Waals surface area contributed by atoms with Crippen LogP contribution in [0, 0.1) is 23.7 Å². The van der Waals surface area contributed by atoms with Crippen molar-refractivity contribution in [3.8, 4) is 17.2 Å². The van der Waals surface area contributed by atoms with Gasteiger partial charge in [0.15, 0.2) is 0 Å². The highest BCUT2D eigenvalue weighted by atomic mass is 35.5. The second-order valence-electron chi connectivity index (χ2n) is 16.8. The third-order valence-electron chi connectivity index (χ3n) is 13.6. The molecule has 3 saturated heterocycles. The fourth-order valence-electron chi connectivity index (χ4n) is 10.7. The van der Waals surface area contributed by atoms with Crippen molar-refractivity contribution < 1.29 is 38.5 Å². The van der Waals surface area contributed by atoms with E-state index in [0.29, 0.717) is 52.1 Å². The van der Waals surface area contributed by atoms with E-state index in [1.165, 1.54) is 17.0 Å². The lowest BCUT2D eigenvalue weighted by Crippen LogP contribution is -2.53. The lowest BCUT2D eigenvalue weighted by molar-refractivity contribution is -0.138. The van der Waals surface area contributed by atoms with Crippen molar-refractivity contribution in [3.63, 3.8) is 0 Å². The Morgan fingerprint density at radius 2 is 1.52 bits per heavy atom. The predicted molar refractivity (Wildman–Crippen MR) is 241 cm³/mol. The number of halogens is 2. The van der Waals surface area contributed by atoms with Gasteiger partial charge in [-0.25, -0.2) is 0 Å². The Labute approximate surface area is 379 Å². The van der Waals surface area contributed by atoms with E-state index in [9.17, 15) is 14.7 Å². The van der Waals surface area contributed by atoms with Crippen LogP contribution in [0.4, 0.5) is 17.1 Å². The van der Waals surface area contributed by atoms with Crippen molar-refractivity contribution in [2.24, 2.45) is 23.7 Å². The topological polar surface area (TPSA) is 138 Å². The molecular formula is C50H44Cl2N4O8. The first kappa shape index (κ1) is 41.7. The van der Waals surface area contributed by atoms with Crippen molar-refractivity contribution >= 4 is 63.9 Å². The van der Waals surface area contributed by atoms with Gasteiger partial charge in [-0.2, -0.15) is 5.01 Å². The number of rotatable bonds is 10. The summed E-state index contributed by atoms with van der Waals surface area (Å²) in [5.74, 6) is -5.29. The molecule has 0 aromatic heterocycles. The number of carbonyl (C=O) groups excluding carboxylic acids is 4. The quantitative estimate of drug-likeness (QED) is 0.104. The number of phenols is 1. The number of carbonyl (C=O) groups is 4. The number of hydrogen-bond acceptors (Lipinski definition) is 10. The van der Waals surface area contributed by atoms with Crippen molar-refractivity contribution in [2.45, 2.75) is 30.8 Å². The molecule has 5 aliphatic rings. The minimum absolute atomic E-state index is 0.0640. The SMILES string of the molecule is COc1ccc([C@@]23C(=O)N(Nc4ccc(Cl)cc4Cl)C(=O)[C@@H]2C[C@@H]2C(=CC[C@@H]4C(=O)N(c5ccc(N6CCOCC6)cc5)C(=O)[C@@H]42)[C@@H]3c2ccc(OCc3ccccc3)cc2O)cc1. The molecule has 0 radical (unpaired) electrons. The standard InChI is InChI=1S/C50H44Cl2N4O8/c1-62-34-14-7-30(8-15-34)50-40(47(59)56(49(50)61)53-42-20-9-31(51)25-41(42)52)27-39-36(45(50)37-17-16-35(26-43(37)57)64-28-29-5-3-2-4-6-29)18-19-38-44(39)48(60)55(46(38)58)33-12-10-32(11-13-33)54-21-23-63-24-22-54/h2-18,20,25-26,38-40,44-45,53,57H,19,21-24,27-28H2,1H3/t38-,39+,40-,44-,45+,50+/m0/s1. The van der Waals surface area contributed by atoms with Gasteiger partial charge in [0.05, 0.1) is 59.9 Å². The minimum Gasteiger partial charge on any atom is -0.508 e. The Bertz CT molecular complexity index is 2690. The van der Waals surface area contributed by atoms with Crippen LogP contribution in [0.2, 0.25) is 10.0 Å². The third kappa shape index (κ3) is 6.86. The number of nitrogens with zero attached hydrogens (tertiary/aromatic N) is 3. The smallest absolute Gasteiger partial charge is 0.260 e. The van der Waals surface area contributed by atoms with Crippen LogP contribution in [0.25, 0.3) is 0 Å². The molecule has 4 fully saturated rings. The largest absolute Gasteiger partial charge is 0.508 e. The van der Waals surface area contributed by atoms with Gasteiger partial charge in [0.1, 0.15) is 23.9 Å². The zero-order valence-corrected chi connectivity index (χ0v) is 36.3. The summed E-state index contributed by atoms with van der Waals surface area (Å²) in [4.78, 5) is 63.8. The van der Waals surface area contributed by atoms with Gasteiger partial charge in [-0.15, -0.1) is 0 Å². The molecule has 12 nitrogen and oxygen atoms in total. The maximum absolute atomic E-state index is 15.7. The van der Waals surface area contributed by atoms with Crippen LogP contribution in [0.1, 0.15) is 35.4 Å². The fourth-order valence-corrected chi connectivity index (χ4v) is 11.1. The number of ether oxygens (including phenoxy) is 3. The summed E-state index contributed by atoms with van der Waals surface area (Å²) in [7, 11) is 1.54. The summed E-state index contributed by atoms with van der Waals surface area (Å²) in [6.45, 7) is 2.96. The third-order valence-corrected chi connectivity index (χ3v) is 14.2. The summed E-state index contributed by atoms with van der Waals surface area (Å²) in [5, 5.41) is 13.7. The van der Waals surface area contributed by atoms with Crippen LogP contribution in [-0.4, -0.2) is 67.2 Å². The molecule has 0 spiro atoms. The molecule has 3 heterocycles. The number of nitrogens with one attached hydrogen (secondary N) is 1. The maximum Gasteiger partial charge on any atom is 0.260 e. The van der Waals surface area contributed by atoms with Gasteiger partial charge in [-0.3, -0.25) is 29.5 Å². The molecule has 326 valence electrons. The number of amides is 4. The van der Waals surface area contributed by atoms with Gasteiger partial charge < -0.3 is 24.2 Å². The molecule has 6 atom stereocenters. The number of aromatic hydroxyl groups is 1. The van der Waals surface area contributed by atoms with E-state index in [0.717, 1.165) is 29.3 Å². The van der Waals surface area contributed by atoms with Crippen molar-refractivity contribution in [2.75, 3.05) is 48.6 Å². The molecule has 5 aromatic carbocycles. The van der Waals surface area contributed by atoms with Gasteiger partial charge in [0.2, 0.25) is 11.8 Å². The Kier molecular flexibility index (Phi) is 10.8. The first-order valence-electron chi connectivity index (χ1n) is 21.3.